The molecule has 0 aliphatic heterocycles. The first kappa shape index (κ1) is 13.3. The largest absolute Gasteiger partial charge is 0.504 e. The number of carbonyl (C=O) groups excluding carboxylic acids is 1. The molecule has 0 saturated carbocycles. The summed E-state index contributed by atoms with van der Waals surface area (Å²) in [6.07, 6.45) is 0. The van der Waals surface area contributed by atoms with E-state index in [1.54, 1.807) is 26.0 Å². The first-order chi connectivity index (χ1) is 8.10. The van der Waals surface area contributed by atoms with Gasteiger partial charge in [0, 0.05) is 0 Å². The summed E-state index contributed by atoms with van der Waals surface area (Å²) in [5.74, 6) is -0.169. The Labute approximate surface area is 100 Å². The number of aromatic hydroxyl groups is 1. The van der Waals surface area contributed by atoms with Crippen molar-refractivity contribution in [1.29, 1.82) is 0 Å². The van der Waals surface area contributed by atoms with E-state index in [0.29, 0.717) is 17.9 Å². The summed E-state index contributed by atoms with van der Waals surface area (Å²) in [6.45, 7) is 4.22. The summed E-state index contributed by atoms with van der Waals surface area (Å²) in [6, 6.07) is 3.69. The second-order valence-corrected chi connectivity index (χ2v) is 3.39. The van der Waals surface area contributed by atoms with Gasteiger partial charge in [0.05, 0.1) is 13.2 Å². The monoisotopic (exact) mass is 239 g/mol. The molecule has 0 spiro atoms. The maximum Gasteiger partial charge on any atom is 0.327 e. The summed E-state index contributed by atoms with van der Waals surface area (Å²) in [5.41, 5.74) is 6.27. The van der Waals surface area contributed by atoms with Gasteiger partial charge in [-0.05, 0) is 31.5 Å². The number of hydrogen-bond acceptors (Lipinski definition) is 5. The normalized spacial score (nSPS) is 11.9. The Hall–Kier alpha value is -1.75. The van der Waals surface area contributed by atoms with Crippen LogP contribution in [0.25, 0.3) is 0 Å². The van der Waals surface area contributed by atoms with Gasteiger partial charge in [0.1, 0.15) is 6.04 Å². The van der Waals surface area contributed by atoms with Gasteiger partial charge in [0.2, 0.25) is 0 Å². The van der Waals surface area contributed by atoms with Gasteiger partial charge < -0.3 is 20.3 Å². The third-order valence-electron chi connectivity index (χ3n) is 2.18. The average Bonchev–Trinajstić information content (AvgIpc) is 2.31. The molecular formula is C12H17NO4. The molecule has 1 rings (SSSR count). The fraction of sp³-hybridized carbons (Fsp3) is 0.417. The molecular weight excluding hydrogens is 222 g/mol. The van der Waals surface area contributed by atoms with E-state index < -0.39 is 12.0 Å². The first-order valence-corrected chi connectivity index (χ1v) is 5.48. The van der Waals surface area contributed by atoms with Crippen molar-refractivity contribution < 1.29 is 19.4 Å². The fourth-order valence-corrected chi connectivity index (χ4v) is 1.36. The SMILES string of the molecule is CCOC(=O)C(N)c1ccc(O)c(OCC)c1. The molecule has 3 N–H and O–H groups in total. The van der Waals surface area contributed by atoms with Crippen molar-refractivity contribution in [3.8, 4) is 11.5 Å². The van der Waals surface area contributed by atoms with E-state index in [0.717, 1.165) is 0 Å². The van der Waals surface area contributed by atoms with Gasteiger partial charge in [-0.25, -0.2) is 4.79 Å². The van der Waals surface area contributed by atoms with Crippen LogP contribution in [0.4, 0.5) is 0 Å². The second-order valence-electron chi connectivity index (χ2n) is 3.39. The van der Waals surface area contributed by atoms with Crippen LogP contribution in [0.1, 0.15) is 25.5 Å². The predicted molar refractivity (Wildman–Crippen MR) is 62.8 cm³/mol. The van der Waals surface area contributed by atoms with Crippen molar-refractivity contribution in [2.45, 2.75) is 19.9 Å². The Bertz CT molecular complexity index is 392. The molecule has 0 aromatic heterocycles. The van der Waals surface area contributed by atoms with Crippen LogP contribution in [0.3, 0.4) is 0 Å². The lowest BCUT2D eigenvalue weighted by Gasteiger charge is -2.13. The Balaban J connectivity index is 2.90. The van der Waals surface area contributed by atoms with E-state index >= 15 is 0 Å². The molecule has 0 saturated heterocycles. The topological polar surface area (TPSA) is 81.8 Å². The second kappa shape index (κ2) is 6.10. The molecule has 1 unspecified atom stereocenters. The van der Waals surface area contributed by atoms with E-state index in [-0.39, 0.29) is 12.4 Å². The summed E-state index contributed by atoms with van der Waals surface area (Å²) in [7, 11) is 0. The van der Waals surface area contributed by atoms with Crippen LogP contribution >= 0.6 is 0 Å². The van der Waals surface area contributed by atoms with Crippen molar-refractivity contribution in [1.82, 2.24) is 0 Å². The molecule has 1 aromatic rings. The van der Waals surface area contributed by atoms with Gasteiger partial charge in [0.25, 0.3) is 0 Å². The van der Waals surface area contributed by atoms with Crippen LogP contribution in [0.2, 0.25) is 0 Å². The number of benzene rings is 1. The minimum Gasteiger partial charge on any atom is -0.504 e. The Morgan fingerprint density at radius 1 is 1.41 bits per heavy atom. The number of phenolic OH excluding ortho intramolecular Hbond substituents is 1. The highest BCUT2D eigenvalue weighted by Gasteiger charge is 2.18. The average molecular weight is 239 g/mol. The van der Waals surface area contributed by atoms with Crippen molar-refractivity contribution in [3.05, 3.63) is 23.8 Å². The van der Waals surface area contributed by atoms with E-state index in [1.165, 1.54) is 6.07 Å². The molecule has 5 heteroatoms. The molecule has 94 valence electrons. The van der Waals surface area contributed by atoms with Crippen LogP contribution in [-0.2, 0) is 9.53 Å². The lowest BCUT2D eigenvalue weighted by molar-refractivity contribution is -0.144. The van der Waals surface area contributed by atoms with Crippen molar-refractivity contribution in [3.63, 3.8) is 0 Å². The molecule has 0 aliphatic rings. The van der Waals surface area contributed by atoms with Crippen LogP contribution in [-0.4, -0.2) is 24.3 Å². The third-order valence-corrected chi connectivity index (χ3v) is 2.18. The number of ether oxygens (including phenoxy) is 2. The maximum atomic E-state index is 11.4. The van der Waals surface area contributed by atoms with E-state index in [9.17, 15) is 9.90 Å². The van der Waals surface area contributed by atoms with E-state index in [1.807, 2.05) is 0 Å². The van der Waals surface area contributed by atoms with Gasteiger partial charge in [-0.1, -0.05) is 6.07 Å². The van der Waals surface area contributed by atoms with Gasteiger partial charge in [0.15, 0.2) is 11.5 Å². The number of rotatable bonds is 5. The Morgan fingerprint density at radius 3 is 2.71 bits per heavy atom. The molecule has 1 atom stereocenters. The minimum atomic E-state index is -0.866. The highest BCUT2D eigenvalue weighted by atomic mass is 16.5. The number of esters is 1. The molecule has 0 radical (unpaired) electrons. The molecule has 17 heavy (non-hydrogen) atoms. The Kier molecular flexibility index (Phi) is 4.78. The maximum absolute atomic E-state index is 11.4. The van der Waals surface area contributed by atoms with Crippen molar-refractivity contribution >= 4 is 5.97 Å². The van der Waals surface area contributed by atoms with Crippen molar-refractivity contribution in [2.75, 3.05) is 13.2 Å². The molecule has 0 amide bonds. The van der Waals surface area contributed by atoms with Gasteiger partial charge in [-0.15, -0.1) is 0 Å². The number of carbonyl (C=O) groups is 1. The standard InChI is InChI=1S/C12H17NO4/c1-3-16-10-7-8(5-6-9(10)14)11(13)12(15)17-4-2/h5-7,11,14H,3-4,13H2,1-2H3. The third kappa shape index (κ3) is 3.35. The summed E-state index contributed by atoms with van der Waals surface area (Å²) < 4.78 is 10.0. The molecule has 1 aromatic carbocycles. The van der Waals surface area contributed by atoms with E-state index in [4.69, 9.17) is 15.2 Å². The first-order valence-electron chi connectivity index (χ1n) is 5.48. The van der Waals surface area contributed by atoms with Crippen LogP contribution in [0, 0.1) is 0 Å². The summed E-state index contributed by atoms with van der Waals surface area (Å²) >= 11 is 0. The number of nitrogens with two attached hydrogens (primary N) is 1. The van der Waals surface area contributed by atoms with E-state index in [2.05, 4.69) is 0 Å². The highest BCUT2D eigenvalue weighted by molar-refractivity contribution is 5.77. The Morgan fingerprint density at radius 2 is 2.12 bits per heavy atom. The quantitative estimate of drug-likeness (QED) is 0.758. The molecule has 5 nitrogen and oxygen atoms in total. The lowest BCUT2D eigenvalue weighted by atomic mass is 10.1. The molecule has 0 bridgehead atoms. The fourth-order valence-electron chi connectivity index (χ4n) is 1.36. The minimum absolute atomic E-state index is 0.0201. The zero-order valence-corrected chi connectivity index (χ0v) is 9.97. The lowest BCUT2D eigenvalue weighted by Crippen LogP contribution is -2.23. The smallest absolute Gasteiger partial charge is 0.327 e. The zero-order valence-electron chi connectivity index (χ0n) is 9.97. The molecule has 0 aliphatic carbocycles. The highest BCUT2D eigenvalue weighted by Crippen LogP contribution is 2.29. The zero-order chi connectivity index (χ0) is 12.8. The van der Waals surface area contributed by atoms with Crippen LogP contribution in [0.5, 0.6) is 11.5 Å². The van der Waals surface area contributed by atoms with Gasteiger partial charge in [-0.3, -0.25) is 0 Å². The predicted octanol–water partition coefficient (Wildman–Crippen LogP) is 1.35. The summed E-state index contributed by atoms with van der Waals surface area (Å²) in [5, 5.41) is 9.51. The van der Waals surface area contributed by atoms with Crippen LogP contribution < -0.4 is 10.5 Å². The van der Waals surface area contributed by atoms with Gasteiger partial charge >= 0.3 is 5.97 Å². The number of phenols is 1. The van der Waals surface area contributed by atoms with Crippen LogP contribution in [0.15, 0.2) is 18.2 Å². The number of hydrogen-bond donors (Lipinski definition) is 2. The van der Waals surface area contributed by atoms with Gasteiger partial charge in [-0.2, -0.15) is 0 Å². The molecule has 0 fully saturated rings. The molecule has 0 heterocycles. The summed E-state index contributed by atoms with van der Waals surface area (Å²) in [4.78, 5) is 11.4. The van der Waals surface area contributed by atoms with Crippen molar-refractivity contribution in [2.24, 2.45) is 5.73 Å².